The maximum atomic E-state index is 12.0. The third kappa shape index (κ3) is 14.4. The third-order valence-corrected chi connectivity index (χ3v) is 12.7. The highest BCUT2D eigenvalue weighted by Crippen LogP contribution is 2.42. The second-order valence-corrected chi connectivity index (χ2v) is 18.1. The summed E-state index contributed by atoms with van der Waals surface area (Å²) in [6.45, 7) is 1.03. The fourth-order valence-electron chi connectivity index (χ4n) is 8.90. The molecule has 11 rings (SSSR count). The van der Waals surface area contributed by atoms with Gasteiger partial charge in [-0.05, 0) is 88.5 Å². The number of rotatable bonds is 17. The molecule has 0 unspecified atom stereocenters. The van der Waals surface area contributed by atoms with E-state index in [1.54, 1.807) is 43.1 Å². The predicted molar refractivity (Wildman–Crippen MR) is 316 cm³/mol. The Morgan fingerprint density at radius 2 is 1.00 bits per heavy atom. The fraction of sp³-hybridized carbons (Fsp3) is 0.0769. The first-order valence-corrected chi connectivity index (χ1v) is 25.9. The van der Waals surface area contributed by atoms with Gasteiger partial charge >= 0.3 is 12.1 Å². The van der Waals surface area contributed by atoms with Crippen molar-refractivity contribution >= 4 is 35.1 Å². The molecule has 0 fully saturated rings. The number of primary amides is 1. The highest BCUT2D eigenvalue weighted by Gasteiger charge is 2.38. The van der Waals surface area contributed by atoms with E-state index in [9.17, 15) is 9.59 Å². The topological polar surface area (TPSA) is 213 Å². The number of urea groups is 2. The normalized spacial score (nSPS) is 10.7. The number of imidazole rings is 2. The summed E-state index contributed by atoms with van der Waals surface area (Å²) in [4.78, 5) is 42.9. The van der Waals surface area contributed by atoms with Crippen LogP contribution in [0.3, 0.4) is 0 Å². The zero-order chi connectivity index (χ0) is 55.2. The number of nitrogen functional groups attached to an aromatic ring is 1. The second kappa shape index (κ2) is 27.3. The maximum absolute atomic E-state index is 12.0. The van der Waals surface area contributed by atoms with Gasteiger partial charge in [0.05, 0.1) is 43.5 Å². The number of nitrogens with one attached hydrogen (secondary N) is 4. The van der Waals surface area contributed by atoms with Gasteiger partial charge in [-0.1, -0.05) is 164 Å². The van der Waals surface area contributed by atoms with E-state index in [0.29, 0.717) is 31.3 Å². The molecule has 398 valence electrons. The lowest BCUT2D eigenvalue weighted by Gasteiger charge is -2.37. The zero-order valence-electron chi connectivity index (χ0n) is 43.7. The third-order valence-electron chi connectivity index (χ3n) is 12.7. The minimum atomic E-state index is -0.618. The molecule has 15 heteroatoms. The Hall–Kier alpha value is -10.8. The van der Waals surface area contributed by atoms with Gasteiger partial charge in [-0.3, -0.25) is 5.32 Å². The number of hydrogen-bond acceptors (Lipinski definition) is 9. The van der Waals surface area contributed by atoms with Crippen molar-refractivity contribution in [3.8, 4) is 34.0 Å². The number of hydrogen-bond donors (Lipinski definition) is 6. The van der Waals surface area contributed by atoms with Gasteiger partial charge in [-0.2, -0.15) is 0 Å². The van der Waals surface area contributed by atoms with Gasteiger partial charge in [-0.25, -0.2) is 29.5 Å². The van der Waals surface area contributed by atoms with Crippen molar-refractivity contribution in [2.45, 2.75) is 18.4 Å². The molecule has 0 atom stereocenters. The van der Waals surface area contributed by atoms with Crippen LogP contribution in [0.2, 0.25) is 0 Å². The number of nitrogens with two attached hydrogens (primary N) is 2. The van der Waals surface area contributed by atoms with Crippen LogP contribution >= 0.6 is 0 Å². The number of anilines is 4. The van der Waals surface area contributed by atoms with E-state index in [0.717, 1.165) is 79.6 Å². The van der Waals surface area contributed by atoms with E-state index in [1.165, 1.54) is 0 Å². The summed E-state index contributed by atoms with van der Waals surface area (Å²) in [5.41, 5.74) is 20.6. The van der Waals surface area contributed by atoms with E-state index in [4.69, 9.17) is 25.9 Å². The van der Waals surface area contributed by atoms with Crippen molar-refractivity contribution in [1.82, 2.24) is 29.5 Å². The van der Waals surface area contributed by atoms with Crippen LogP contribution in [0.4, 0.5) is 32.6 Å². The van der Waals surface area contributed by atoms with Crippen molar-refractivity contribution < 1.29 is 19.1 Å². The summed E-state index contributed by atoms with van der Waals surface area (Å²) >= 11 is 0. The molecule has 0 aliphatic carbocycles. The average Bonchev–Trinajstić information content (AvgIpc) is 4.24. The molecule has 8 N–H and O–H groups in total. The lowest BCUT2D eigenvalue weighted by Crippen LogP contribution is -2.36. The van der Waals surface area contributed by atoms with E-state index in [2.05, 4.69) is 144 Å². The number of aromatic amines is 1. The summed E-state index contributed by atoms with van der Waals surface area (Å²) in [7, 11) is 0. The molecule has 0 saturated carbocycles. The van der Waals surface area contributed by atoms with Crippen LogP contribution < -0.4 is 36.9 Å². The summed E-state index contributed by atoms with van der Waals surface area (Å²) in [6.07, 6.45) is 12.4. The van der Waals surface area contributed by atoms with Crippen LogP contribution in [0.25, 0.3) is 22.5 Å². The highest BCUT2D eigenvalue weighted by atomic mass is 16.5. The molecular formula is C65H59N11O4. The minimum absolute atomic E-state index is 0.333. The van der Waals surface area contributed by atoms with Crippen molar-refractivity contribution in [2.24, 2.45) is 5.73 Å². The Bertz CT molecular complexity index is 3530. The number of pyridine rings is 2. The van der Waals surface area contributed by atoms with E-state index >= 15 is 0 Å². The first kappa shape index (κ1) is 54.0. The average molecular weight is 1060 g/mol. The first-order chi connectivity index (χ1) is 39.3. The largest absolute Gasteiger partial charge is 0.493 e. The van der Waals surface area contributed by atoms with Gasteiger partial charge in [0.25, 0.3) is 0 Å². The Kier molecular flexibility index (Phi) is 18.4. The molecular weight excluding hydrogens is 999 g/mol. The molecule has 0 spiro atoms. The summed E-state index contributed by atoms with van der Waals surface area (Å²) in [5.74, 6) is 2.59. The Morgan fingerprint density at radius 1 is 0.512 bits per heavy atom. The van der Waals surface area contributed by atoms with E-state index in [-0.39, 0.29) is 6.03 Å². The Labute approximate surface area is 464 Å². The molecule has 0 radical (unpaired) electrons. The predicted octanol–water partition coefficient (Wildman–Crippen LogP) is 12.9. The molecule has 15 nitrogen and oxygen atoms in total. The summed E-state index contributed by atoms with van der Waals surface area (Å²) in [6, 6.07) is 72.6. The summed E-state index contributed by atoms with van der Waals surface area (Å²) in [5, 5.41) is 7.92. The lowest BCUT2D eigenvalue weighted by molar-refractivity contribution is 0.259. The molecule has 80 heavy (non-hydrogen) atoms. The molecule has 4 amide bonds. The number of benzene rings is 7. The first-order valence-electron chi connectivity index (χ1n) is 25.9. The van der Waals surface area contributed by atoms with Gasteiger partial charge in [0.2, 0.25) is 0 Å². The molecule has 0 saturated heterocycles. The zero-order valence-corrected chi connectivity index (χ0v) is 43.7. The molecule has 11 aromatic rings. The lowest BCUT2D eigenvalue weighted by atomic mass is 9.77. The molecule has 4 heterocycles. The Balaban J connectivity index is 0.000000170. The SMILES string of the molecule is NC(=O)Nc1ccccc1.Nc1ccc(CCOc2ccccc2-c2cn(C(c3ccccc3)(c3ccccc3)c3ccccc3)cn2)cn1.O=C(Nc1ccccc1)Nc1ccc(CCOc2ccccc2-c2cnc[nH]2)cn1. The van der Waals surface area contributed by atoms with Gasteiger partial charge < -0.3 is 41.1 Å². The van der Waals surface area contributed by atoms with Gasteiger partial charge in [-0.15, -0.1) is 0 Å². The minimum Gasteiger partial charge on any atom is -0.493 e. The van der Waals surface area contributed by atoms with Crippen molar-refractivity contribution in [1.29, 1.82) is 0 Å². The monoisotopic (exact) mass is 1060 g/mol. The number of H-pyrrole nitrogens is 1. The van der Waals surface area contributed by atoms with Crippen LogP contribution in [0.15, 0.2) is 262 Å². The van der Waals surface area contributed by atoms with Crippen LogP contribution in [-0.2, 0) is 18.4 Å². The van der Waals surface area contributed by atoms with Crippen LogP contribution in [0.5, 0.6) is 11.5 Å². The van der Waals surface area contributed by atoms with Gasteiger partial charge in [0, 0.05) is 53.9 Å². The maximum Gasteiger partial charge on any atom is 0.324 e. The Morgan fingerprint density at radius 3 is 1.50 bits per heavy atom. The van der Waals surface area contributed by atoms with Crippen molar-refractivity contribution in [3.63, 3.8) is 0 Å². The van der Waals surface area contributed by atoms with Crippen molar-refractivity contribution in [3.05, 3.63) is 290 Å². The smallest absolute Gasteiger partial charge is 0.324 e. The van der Waals surface area contributed by atoms with E-state index in [1.807, 2.05) is 116 Å². The molecule has 0 aliphatic heterocycles. The van der Waals surface area contributed by atoms with Crippen LogP contribution in [-0.4, -0.2) is 54.8 Å². The second-order valence-electron chi connectivity index (χ2n) is 18.1. The van der Waals surface area contributed by atoms with Crippen LogP contribution in [0, 0.1) is 0 Å². The molecule has 4 aromatic heterocycles. The number of nitrogens with zero attached hydrogens (tertiary/aromatic N) is 5. The highest BCUT2D eigenvalue weighted by molar-refractivity contribution is 5.99. The van der Waals surface area contributed by atoms with Crippen LogP contribution in [0.1, 0.15) is 27.8 Å². The van der Waals surface area contributed by atoms with Crippen molar-refractivity contribution in [2.75, 3.05) is 34.9 Å². The van der Waals surface area contributed by atoms with Gasteiger partial charge in [0.1, 0.15) is 28.7 Å². The molecule has 0 bridgehead atoms. The quantitative estimate of drug-likeness (QED) is 0.0478. The molecule has 7 aromatic carbocycles. The number of carbonyl (C=O) groups is 2. The number of carbonyl (C=O) groups excluding carboxylic acids is 2. The number of amides is 4. The van der Waals surface area contributed by atoms with E-state index < -0.39 is 11.6 Å². The molecule has 0 aliphatic rings. The number of para-hydroxylation sites is 4. The fourth-order valence-corrected chi connectivity index (χ4v) is 8.90. The number of aromatic nitrogens is 6. The summed E-state index contributed by atoms with van der Waals surface area (Å²) < 4.78 is 14.5. The van der Waals surface area contributed by atoms with Gasteiger partial charge in [0.15, 0.2) is 0 Å². The standard InChI is InChI=1S/C35H30N4O.C23H21N5O2.C7H8N2O/c36-34-21-20-27(24-37-34)22-23-40-33-19-11-10-18-31(33)32-25-39(26-38-32)35(28-12-4-1-5-13-28,29-14-6-2-7-15-29)30-16-8-3-9-17-30;29-23(27-18-6-2-1-3-7-18)28-22-11-10-17(14-25-22)12-13-30-21-9-5-4-8-19(21)20-15-24-16-26-20;8-7(10)9-6-4-2-1-3-5-6/h1-21,24-26H,22-23H2,(H2,36,37);1-11,14-16H,12-13H2,(H,24,26)(H2,25,27,28,29);1-5H,(H3,8,9,10). The number of ether oxygens (including phenoxy) is 2.